The maximum absolute atomic E-state index is 4.08. The van der Waals surface area contributed by atoms with Gasteiger partial charge in [-0.15, -0.1) is 0 Å². The Balaban J connectivity index is 0.000000177. The molecule has 0 aliphatic rings. The maximum Gasteiger partial charge on any atom is 0.0550 e. The van der Waals surface area contributed by atoms with Crippen LogP contribution in [-0.2, 0) is 7.05 Å². The molecule has 0 saturated heterocycles. The Labute approximate surface area is 119 Å². The quantitative estimate of drug-likeness (QED) is 0.566. The molecule has 0 amide bonds. The van der Waals surface area contributed by atoms with Gasteiger partial charge in [-0.1, -0.05) is 25.5 Å². The van der Waals surface area contributed by atoms with Crippen LogP contribution in [0.2, 0.25) is 0 Å². The summed E-state index contributed by atoms with van der Waals surface area (Å²) in [5.74, 6) is 0. The molecule has 0 aliphatic heterocycles. The second-order valence-corrected chi connectivity index (χ2v) is 4.96. The highest BCUT2D eigenvalue weighted by atomic mass is 32.1. The Morgan fingerprint density at radius 3 is 2.37 bits per heavy atom. The number of fused-ring (bicyclic) bond motifs is 1. The SMILES string of the molecule is CC.Cc1ccc2sncc2c1.Cc1cccn1C. The van der Waals surface area contributed by atoms with E-state index in [4.69, 9.17) is 0 Å². The van der Waals surface area contributed by atoms with E-state index in [0.717, 1.165) is 0 Å². The average molecular weight is 274 g/mol. The lowest BCUT2D eigenvalue weighted by atomic mass is 10.2. The molecular formula is C16H22N2S. The lowest BCUT2D eigenvalue weighted by molar-refractivity contribution is 0.882. The van der Waals surface area contributed by atoms with Gasteiger partial charge in [0.1, 0.15) is 0 Å². The van der Waals surface area contributed by atoms with Crippen LogP contribution in [0.4, 0.5) is 0 Å². The number of aryl methyl sites for hydroxylation is 3. The number of hydrogen-bond donors (Lipinski definition) is 0. The second kappa shape index (κ2) is 7.74. The molecule has 3 rings (SSSR count). The number of benzene rings is 1. The fourth-order valence-corrected chi connectivity index (χ4v) is 2.16. The van der Waals surface area contributed by atoms with Gasteiger partial charge in [0, 0.05) is 30.5 Å². The van der Waals surface area contributed by atoms with Crippen LogP contribution in [0.3, 0.4) is 0 Å². The molecule has 3 heteroatoms. The molecule has 0 aliphatic carbocycles. The maximum atomic E-state index is 4.08. The minimum atomic E-state index is 1.25. The molecule has 0 bridgehead atoms. The lowest BCUT2D eigenvalue weighted by Gasteiger charge is -1.89. The summed E-state index contributed by atoms with van der Waals surface area (Å²) in [5.41, 5.74) is 2.60. The highest BCUT2D eigenvalue weighted by Gasteiger charge is 1.93. The van der Waals surface area contributed by atoms with Gasteiger partial charge in [-0.25, -0.2) is 0 Å². The Kier molecular flexibility index (Phi) is 6.30. The van der Waals surface area contributed by atoms with E-state index in [9.17, 15) is 0 Å². The Morgan fingerprint density at radius 1 is 1.11 bits per heavy atom. The lowest BCUT2D eigenvalue weighted by Crippen LogP contribution is -1.84. The molecule has 2 aromatic heterocycles. The van der Waals surface area contributed by atoms with Crippen molar-refractivity contribution in [2.75, 3.05) is 0 Å². The Morgan fingerprint density at radius 2 is 1.84 bits per heavy atom. The van der Waals surface area contributed by atoms with Crippen molar-refractivity contribution in [3.8, 4) is 0 Å². The first-order valence-electron chi connectivity index (χ1n) is 6.56. The van der Waals surface area contributed by atoms with Gasteiger partial charge in [-0.05, 0) is 49.6 Å². The molecule has 0 unspecified atom stereocenters. The van der Waals surface area contributed by atoms with Crippen molar-refractivity contribution in [1.82, 2.24) is 8.94 Å². The van der Waals surface area contributed by atoms with Crippen molar-refractivity contribution >= 4 is 21.6 Å². The van der Waals surface area contributed by atoms with Crippen molar-refractivity contribution in [3.05, 3.63) is 54.0 Å². The summed E-state index contributed by atoms with van der Waals surface area (Å²) in [7, 11) is 2.04. The fourth-order valence-electron chi connectivity index (χ4n) is 1.54. The number of nitrogens with zero attached hydrogens (tertiary/aromatic N) is 2. The van der Waals surface area contributed by atoms with Gasteiger partial charge < -0.3 is 4.57 Å². The summed E-state index contributed by atoms with van der Waals surface area (Å²) in [5, 5.41) is 1.25. The fraction of sp³-hybridized carbons (Fsp3) is 0.312. The molecule has 0 radical (unpaired) electrons. The van der Waals surface area contributed by atoms with Gasteiger partial charge in [-0.3, -0.25) is 0 Å². The largest absolute Gasteiger partial charge is 0.355 e. The van der Waals surface area contributed by atoms with Crippen molar-refractivity contribution in [3.63, 3.8) is 0 Å². The van der Waals surface area contributed by atoms with Gasteiger partial charge in [0.2, 0.25) is 0 Å². The summed E-state index contributed by atoms with van der Waals surface area (Å²) < 4.78 is 7.44. The first kappa shape index (κ1) is 15.4. The third-order valence-electron chi connectivity index (χ3n) is 2.71. The molecule has 3 aromatic rings. The molecule has 1 aromatic carbocycles. The molecule has 0 saturated carbocycles. The van der Waals surface area contributed by atoms with E-state index >= 15 is 0 Å². The van der Waals surface area contributed by atoms with E-state index < -0.39 is 0 Å². The van der Waals surface area contributed by atoms with Crippen LogP contribution in [0, 0.1) is 13.8 Å². The monoisotopic (exact) mass is 274 g/mol. The van der Waals surface area contributed by atoms with E-state index in [0.29, 0.717) is 0 Å². The number of hydrogen-bond acceptors (Lipinski definition) is 2. The van der Waals surface area contributed by atoms with Crippen molar-refractivity contribution in [2.24, 2.45) is 7.05 Å². The number of aromatic nitrogens is 2. The molecule has 2 nitrogen and oxygen atoms in total. The topological polar surface area (TPSA) is 17.8 Å². The van der Waals surface area contributed by atoms with Crippen molar-refractivity contribution in [2.45, 2.75) is 27.7 Å². The highest BCUT2D eigenvalue weighted by Crippen LogP contribution is 2.18. The van der Waals surface area contributed by atoms with Crippen LogP contribution in [0.1, 0.15) is 25.1 Å². The summed E-state index contributed by atoms with van der Waals surface area (Å²) in [6.45, 7) is 8.18. The molecule has 2 heterocycles. The van der Waals surface area contributed by atoms with Crippen LogP contribution in [0.5, 0.6) is 0 Å². The van der Waals surface area contributed by atoms with Gasteiger partial charge >= 0.3 is 0 Å². The summed E-state index contributed by atoms with van der Waals surface area (Å²) >= 11 is 1.55. The normalized spacial score (nSPS) is 9.32. The van der Waals surface area contributed by atoms with Gasteiger partial charge in [0.15, 0.2) is 0 Å². The van der Waals surface area contributed by atoms with E-state index in [1.807, 2.05) is 39.4 Å². The van der Waals surface area contributed by atoms with Crippen LogP contribution in [0.15, 0.2) is 42.7 Å². The van der Waals surface area contributed by atoms with Gasteiger partial charge in [-0.2, -0.15) is 4.37 Å². The third kappa shape index (κ3) is 4.52. The zero-order chi connectivity index (χ0) is 14.3. The van der Waals surface area contributed by atoms with Crippen LogP contribution in [0.25, 0.3) is 10.1 Å². The molecule has 0 atom stereocenters. The van der Waals surface area contributed by atoms with E-state index in [2.05, 4.69) is 47.1 Å². The Hall–Kier alpha value is -1.61. The highest BCUT2D eigenvalue weighted by molar-refractivity contribution is 7.13. The first-order valence-corrected chi connectivity index (χ1v) is 7.33. The molecule has 19 heavy (non-hydrogen) atoms. The predicted molar refractivity (Wildman–Crippen MR) is 85.9 cm³/mol. The first-order chi connectivity index (χ1) is 9.16. The van der Waals surface area contributed by atoms with Crippen LogP contribution in [-0.4, -0.2) is 8.94 Å². The summed E-state index contributed by atoms with van der Waals surface area (Å²) in [6, 6.07) is 10.5. The zero-order valence-electron chi connectivity index (χ0n) is 12.3. The summed E-state index contributed by atoms with van der Waals surface area (Å²) in [4.78, 5) is 0. The molecule has 0 N–H and O–H groups in total. The van der Waals surface area contributed by atoms with E-state index in [1.54, 1.807) is 11.5 Å². The second-order valence-electron chi connectivity index (χ2n) is 4.13. The van der Waals surface area contributed by atoms with Crippen LogP contribution >= 0.6 is 11.5 Å². The molecule has 102 valence electrons. The average Bonchev–Trinajstić information content (AvgIpc) is 3.02. The molecule has 0 spiro atoms. The van der Waals surface area contributed by atoms with Crippen molar-refractivity contribution in [1.29, 1.82) is 0 Å². The third-order valence-corrected chi connectivity index (χ3v) is 3.49. The smallest absolute Gasteiger partial charge is 0.0550 e. The van der Waals surface area contributed by atoms with Gasteiger partial charge in [0.25, 0.3) is 0 Å². The minimum absolute atomic E-state index is 1.25. The standard InChI is InChI=1S/C8H7NS.C6H9N.C2H6/c1-6-2-3-8-7(4-6)5-9-10-8;1-6-4-3-5-7(6)2;1-2/h2-5H,1H3;3-5H,1-2H3;1-2H3. The predicted octanol–water partition coefficient (Wildman–Crippen LogP) is 4.96. The molecular weight excluding hydrogens is 252 g/mol. The minimum Gasteiger partial charge on any atom is -0.355 e. The van der Waals surface area contributed by atoms with Gasteiger partial charge in [0.05, 0.1) is 4.70 Å². The Bertz CT molecular complexity index is 591. The van der Waals surface area contributed by atoms with E-state index in [-0.39, 0.29) is 0 Å². The van der Waals surface area contributed by atoms with E-state index in [1.165, 1.54) is 21.3 Å². The zero-order valence-corrected chi connectivity index (χ0v) is 13.2. The number of rotatable bonds is 0. The molecule has 0 fully saturated rings. The van der Waals surface area contributed by atoms with Crippen LogP contribution < -0.4 is 0 Å². The summed E-state index contributed by atoms with van der Waals surface area (Å²) in [6.07, 6.45) is 3.95. The van der Waals surface area contributed by atoms with Crippen molar-refractivity contribution < 1.29 is 0 Å².